The van der Waals surface area contributed by atoms with Crippen LogP contribution in [-0.2, 0) is 47.4 Å². The predicted octanol–water partition coefficient (Wildman–Crippen LogP) is 7.66. The lowest BCUT2D eigenvalue weighted by Gasteiger charge is -2.48. The van der Waals surface area contributed by atoms with E-state index in [1.165, 1.54) is 84.9 Å². The zero-order valence-electron chi connectivity index (χ0n) is 41.8. The van der Waals surface area contributed by atoms with Gasteiger partial charge in [0, 0.05) is 0 Å². The summed E-state index contributed by atoms with van der Waals surface area (Å²) in [5.74, 6) is -6.65. The SMILES string of the molecule is O=C(OC[C@H]1O[C@@H](O[C@H]2[C@H](O)[C@@H](OC(=O)c3ccccc3)[C@H](OC(=O)c3ccccc3)O[C@@H]2COC(=O)c2ccccc2)[C@H](OC(=O)c2ccccc2)[C@@H](OC(=O)c2ccccc2)[C@H]1OC(=O)c1ccccc1)c1ccccc1. The second-order valence-electron chi connectivity index (χ2n) is 17.8. The van der Waals surface area contributed by atoms with E-state index < -0.39 is 116 Å². The Bertz CT molecular complexity index is 3170. The molecule has 0 unspecified atom stereocenters. The summed E-state index contributed by atoms with van der Waals surface area (Å²) in [7, 11) is 0. The molecule has 0 aliphatic carbocycles. The molecule has 2 heterocycles. The number of aliphatic hydroxyl groups excluding tert-OH is 1. The van der Waals surface area contributed by atoms with E-state index in [4.69, 9.17) is 47.4 Å². The molecule has 2 aliphatic heterocycles. The number of rotatable bonds is 18. The molecule has 2 saturated heterocycles. The van der Waals surface area contributed by atoms with Crippen molar-refractivity contribution >= 4 is 41.8 Å². The number of hydrogen-bond donors (Lipinski definition) is 1. The second-order valence-corrected chi connectivity index (χ2v) is 17.8. The van der Waals surface area contributed by atoms with Gasteiger partial charge in [-0.1, -0.05) is 127 Å². The number of carbonyl (C=O) groups is 7. The highest BCUT2D eigenvalue weighted by Gasteiger charge is 2.57. The molecule has 0 radical (unpaired) electrons. The highest BCUT2D eigenvalue weighted by molar-refractivity contribution is 5.93. The first-order valence-electron chi connectivity index (χ1n) is 24.9. The molecule has 2 aliphatic rings. The van der Waals surface area contributed by atoms with E-state index in [0.29, 0.717) is 0 Å². The third-order valence-electron chi connectivity index (χ3n) is 12.5. The van der Waals surface area contributed by atoms with Gasteiger partial charge in [-0.15, -0.1) is 0 Å². The molecule has 79 heavy (non-hydrogen) atoms. The van der Waals surface area contributed by atoms with E-state index in [1.54, 1.807) is 127 Å². The molecule has 2 fully saturated rings. The molecule has 18 nitrogen and oxygen atoms in total. The Morgan fingerprint density at radius 2 is 0.570 bits per heavy atom. The van der Waals surface area contributed by atoms with Crippen molar-refractivity contribution in [3.8, 4) is 0 Å². The molecule has 0 amide bonds. The minimum absolute atomic E-state index is 0.00571. The van der Waals surface area contributed by atoms with E-state index in [0.717, 1.165) is 0 Å². The first kappa shape index (κ1) is 54.5. The van der Waals surface area contributed by atoms with Crippen LogP contribution in [0.4, 0.5) is 0 Å². The van der Waals surface area contributed by atoms with Crippen molar-refractivity contribution in [1.82, 2.24) is 0 Å². The Morgan fingerprint density at radius 1 is 0.304 bits per heavy atom. The first-order chi connectivity index (χ1) is 38.5. The zero-order valence-corrected chi connectivity index (χ0v) is 41.8. The summed E-state index contributed by atoms with van der Waals surface area (Å²) in [6.07, 6.45) is -18.9. The monoisotopic (exact) mass is 1070 g/mol. The molecule has 0 spiro atoms. The van der Waals surface area contributed by atoms with Crippen LogP contribution < -0.4 is 0 Å². The largest absolute Gasteiger partial charge is 0.459 e. The van der Waals surface area contributed by atoms with Crippen LogP contribution in [0.5, 0.6) is 0 Å². The van der Waals surface area contributed by atoms with Gasteiger partial charge in [-0.25, -0.2) is 33.6 Å². The van der Waals surface area contributed by atoms with Crippen LogP contribution in [0.25, 0.3) is 0 Å². The molecule has 0 saturated carbocycles. The Labute approximate surface area is 452 Å². The van der Waals surface area contributed by atoms with Gasteiger partial charge in [-0.05, 0) is 84.9 Å². The molecule has 0 bridgehead atoms. The Morgan fingerprint density at radius 3 is 0.924 bits per heavy atom. The number of esters is 7. The third kappa shape index (κ3) is 13.8. The molecule has 9 rings (SSSR count). The molecular formula is C61H50O18. The lowest BCUT2D eigenvalue weighted by atomic mass is 9.95. The van der Waals surface area contributed by atoms with Crippen LogP contribution in [0.1, 0.15) is 72.5 Å². The van der Waals surface area contributed by atoms with E-state index >= 15 is 0 Å². The zero-order chi connectivity index (χ0) is 55.1. The van der Waals surface area contributed by atoms with Gasteiger partial charge in [0.25, 0.3) is 0 Å². The Balaban J connectivity index is 1.15. The van der Waals surface area contributed by atoms with Crippen molar-refractivity contribution in [3.63, 3.8) is 0 Å². The number of aliphatic hydroxyl groups is 1. The molecule has 7 aromatic carbocycles. The van der Waals surface area contributed by atoms with E-state index in [-0.39, 0.29) is 38.9 Å². The van der Waals surface area contributed by atoms with Crippen LogP contribution in [0.15, 0.2) is 212 Å². The van der Waals surface area contributed by atoms with Crippen molar-refractivity contribution in [2.75, 3.05) is 13.2 Å². The van der Waals surface area contributed by atoms with Crippen molar-refractivity contribution in [3.05, 3.63) is 251 Å². The molecule has 1 N–H and O–H groups in total. The van der Waals surface area contributed by atoms with E-state index in [2.05, 4.69) is 0 Å². The van der Waals surface area contributed by atoms with Gasteiger partial charge in [-0.2, -0.15) is 0 Å². The lowest BCUT2D eigenvalue weighted by Crippen LogP contribution is -2.67. The number of ether oxygens (including phenoxy) is 10. The fourth-order valence-electron chi connectivity index (χ4n) is 8.54. The van der Waals surface area contributed by atoms with Gasteiger partial charge in [0.2, 0.25) is 6.29 Å². The fraction of sp³-hybridized carbons (Fsp3) is 0.197. The third-order valence-corrected chi connectivity index (χ3v) is 12.5. The summed E-state index contributed by atoms with van der Waals surface area (Å²) in [6.45, 7) is -1.49. The average Bonchev–Trinajstić information content (AvgIpc) is 3.60. The van der Waals surface area contributed by atoms with Crippen molar-refractivity contribution in [2.45, 2.75) is 61.4 Å². The summed E-state index contributed by atoms with van der Waals surface area (Å²) in [4.78, 5) is 97.9. The smallest absolute Gasteiger partial charge is 0.340 e. The lowest BCUT2D eigenvalue weighted by molar-refractivity contribution is -0.352. The van der Waals surface area contributed by atoms with Crippen LogP contribution in [0.3, 0.4) is 0 Å². The van der Waals surface area contributed by atoms with Gasteiger partial charge in [0.15, 0.2) is 30.7 Å². The summed E-state index contributed by atoms with van der Waals surface area (Å²) in [5.41, 5.74) is 0.364. The number of carbonyl (C=O) groups excluding carboxylic acids is 7. The van der Waals surface area contributed by atoms with Crippen molar-refractivity contribution < 1.29 is 86.0 Å². The molecular weight excluding hydrogens is 1020 g/mol. The highest BCUT2D eigenvalue weighted by atomic mass is 16.8. The number of hydrogen-bond acceptors (Lipinski definition) is 18. The second kappa shape index (κ2) is 26.1. The fourth-order valence-corrected chi connectivity index (χ4v) is 8.54. The summed E-state index contributed by atoms with van der Waals surface area (Å²) >= 11 is 0. The maximum absolute atomic E-state index is 14.4. The van der Waals surface area contributed by atoms with Gasteiger partial charge in [0.05, 0.1) is 38.9 Å². The Hall–Kier alpha value is -9.33. The summed E-state index contributed by atoms with van der Waals surface area (Å²) in [5, 5.41) is 12.7. The van der Waals surface area contributed by atoms with Gasteiger partial charge >= 0.3 is 41.8 Å². The van der Waals surface area contributed by atoms with Crippen LogP contribution in [0, 0.1) is 0 Å². The van der Waals surface area contributed by atoms with Crippen molar-refractivity contribution in [1.29, 1.82) is 0 Å². The van der Waals surface area contributed by atoms with Crippen LogP contribution >= 0.6 is 0 Å². The molecule has 10 atom stereocenters. The minimum atomic E-state index is -2.11. The topological polar surface area (TPSA) is 232 Å². The molecule has 7 aromatic rings. The minimum Gasteiger partial charge on any atom is -0.459 e. The van der Waals surface area contributed by atoms with Gasteiger partial charge in [0.1, 0.15) is 37.6 Å². The van der Waals surface area contributed by atoms with Crippen LogP contribution in [0.2, 0.25) is 0 Å². The summed E-state index contributed by atoms with van der Waals surface area (Å²) in [6, 6.07) is 54.2. The normalized spacial score (nSPS) is 22.4. The maximum atomic E-state index is 14.4. The molecule has 18 heteroatoms. The summed E-state index contributed by atoms with van der Waals surface area (Å²) < 4.78 is 61.6. The highest BCUT2D eigenvalue weighted by Crippen LogP contribution is 2.36. The van der Waals surface area contributed by atoms with Crippen LogP contribution in [-0.4, -0.2) is 122 Å². The molecule has 0 aromatic heterocycles. The van der Waals surface area contributed by atoms with Gasteiger partial charge < -0.3 is 52.5 Å². The maximum Gasteiger partial charge on any atom is 0.340 e. The Kier molecular flexibility index (Phi) is 18.0. The average molecular weight is 1070 g/mol. The number of benzene rings is 7. The van der Waals surface area contributed by atoms with E-state index in [1.807, 2.05) is 0 Å². The van der Waals surface area contributed by atoms with E-state index in [9.17, 15) is 38.7 Å². The quantitative estimate of drug-likeness (QED) is 0.0642. The standard InChI is InChI=1S/C61H50O18/c62-47-48(45(36-70-53(63)38-22-8-1-9-23-38)72-60(79-59(69)44-34-20-7-21-35-44)50(47)75-56(66)41-28-14-4-15-29-41)78-61-52(77-58(68)43-32-18-6-19-33-43)51(76-57(67)42-30-16-5-17-31-42)49(74-55(65)40-26-12-3-13-27-40)46(73-61)37-71-54(64)39-24-10-2-11-25-39/h1-35,45-52,60-62H,36-37H2/t45-,46-,47+,48-,49+,50-,51+,52-,60+,61+/m1/s1. The first-order valence-corrected chi connectivity index (χ1v) is 24.9. The molecule has 402 valence electrons. The van der Waals surface area contributed by atoms with Gasteiger partial charge in [-0.3, -0.25) is 0 Å². The predicted molar refractivity (Wildman–Crippen MR) is 276 cm³/mol. The van der Waals surface area contributed by atoms with Crippen molar-refractivity contribution in [2.24, 2.45) is 0 Å².